The number of carbonyl (C=O) groups is 3. The fourth-order valence-electron chi connectivity index (χ4n) is 8.02. The van der Waals surface area contributed by atoms with Crippen molar-refractivity contribution in [3.63, 3.8) is 0 Å². The molecule has 0 spiro atoms. The van der Waals surface area contributed by atoms with Gasteiger partial charge < -0.3 is 14.2 Å². The Balaban J connectivity index is 4.41. The van der Waals surface area contributed by atoms with Crippen LogP contribution in [0, 0.1) is 0 Å². The molecular formula is C60H106O6. The van der Waals surface area contributed by atoms with E-state index in [4.69, 9.17) is 14.2 Å². The molecule has 0 aliphatic heterocycles. The number of allylic oxidation sites excluding steroid dienone is 10. The Hall–Kier alpha value is -2.89. The predicted molar refractivity (Wildman–Crippen MR) is 284 cm³/mol. The minimum atomic E-state index is -0.791. The van der Waals surface area contributed by atoms with Crippen LogP contribution in [0.2, 0.25) is 0 Å². The van der Waals surface area contributed by atoms with Crippen molar-refractivity contribution >= 4 is 17.9 Å². The molecule has 0 radical (unpaired) electrons. The van der Waals surface area contributed by atoms with Crippen LogP contribution in [0.1, 0.15) is 284 Å². The highest BCUT2D eigenvalue weighted by Gasteiger charge is 2.19. The van der Waals surface area contributed by atoms with E-state index in [0.29, 0.717) is 19.3 Å². The van der Waals surface area contributed by atoms with Crippen LogP contribution in [0.3, 0.4) is 0 Å². The van der Waals surface area contributed by atoms with E-state index in [1.807, 2.05) is 0 Å². The van der Waals surface area contributed by atoms with Gasteiger partial charge in [0.05, 0.1) is 0 Å². The highest BCUT2D eigenvalue weighted by molar-refractivity contribution is 5.71. The maximum atomic E-state index is 12.8. The Bertz CT molecular complexity index is 1200. The van der Waals surface area contributed by atoms with E-state index in [-0.39, 0.29) is 31.1 Å². The molecule has 1 unspecified atom stereocenters. The number of unbranched alkanes of at least 4 members (excludes halogenated alkanes) is 30. The maximum absolute atomic E-state index is 12.8. The lowest BCUT2D eigenvalue weighted by Crippen LogP contribution is -2.30. The number of ether oxygens (including phenoxy) is 3. The molecule has 0 aliphatic rings. The summed E-state index contributed by atoms with van der Waals surface area (Å²) in [6.07, 6.45) is 67.8. The summed E-state index contributed by atoms with van der Waals surface area (Å²) in [6, 6.07) is 0. The zero-order chi connectivity index (χ0) is 47.9. The average molecular weight is 924 g/mol. The van der Waals surface area contributed by atoms with Crippen LogP contribution in [0.25, 0.3) is 0 Å². The standard InChI is InChI=1S/C60H106O6/c1-4-7-10-13-16-19-22-25-28-30-33-35-38-41-44-47-50-53-59(62)65-56-57(55-64-58(61)52-49-46-43-40-37-34-31-27-24-21-18-15-12-9-6-3)66-60(63)54-51-48-45-42-39-36-32-29-26-23-20-17-14-11-8-5-2/h8,11,17,20-21,24,26,29,36,39,57H,4-7,9-10,12-16,18-19,22-23,25,27-28,30-35,37-38,40-56H2,1-3H3/b11-8-,20-17-,24-21-,29-26-,39-36-. The van der Waals surface area contributed by atoms with E-state index >= 15 is 0 Å². The van der Waals surface area contributed by atoms with Crippen LogP contribution in [0.5, 0.6) is 0 Å². The van der Waals surface area contributed by atoms with Crippen molar-refractivity contribution < 1.29 is 28.6 Å². The highest BCUT2D eigenvalue weighted by Crippen LogP contribution is 2.16. The largest absolute Gasteiger partial charge is 0.462 e. The van der Waals surface area contributed by atoms with Crippen LogP contribution in [0.15, 0.2) is 60.8 Å². The van der Waals surface area contributed by atoms with Gasteiger partial charge in [-0.05, 0) is 83.5 Å². The summed E-state index contributed by atoms with van der Waals surface area (Å²) in [5.41, 5.74) is 0. The lowest BCUT2D eigenvalue weighted by atomic mass is 10.0. The number of hydrogen-bond donors (Lipinski definition) is 0. The van der Waals surface area contributed by atoms with Gasteiger partial charge in [0.1, 0.15) is 13.2 Å². The molecular weight excluding hydrogens is 817 g/mol. The van der Waals surface area contributed by atoms with Crippen LogP contribution in [-0.2, 0) is 28.6 Å². The smallest absolute Gasteiger partial charge is 0.306 e. The summed E-state index contributed by atoms with van der Waals surface area (Å²) in [5.74, 6) is -0.911. The normalized spacial score (nSPS) is 12.5. The zero-order valence-corrected chi connectivity index (χ0v) is 43.7. The van der Waals surface area contributed by atoms with Crippen molar-refractivity contribution in [2.45, 2.75) is 290 Å². The van der Waals surface area contributed by atoms with Gasteiger partial charge in [0.25, 0.3) is 0 Å². The second-order valence-electron chi connectivity index (χ2n) is 18.8. The SMILES string of the molecule is CC/C=C\C/C=C\C/C=C\C/C=C\CCCCCC(=O)OC(COC(=O)CCCCCCCCC/C=C\CCCCCC)COC(=O)CCCCCCCCCCCCCCCCCCC. The molecule has 0 N–H and O–H groups in total. The van der Waals surface area contributed by atoms with Crippen LogP contribution >= 0.6 is 0 Å². The van der Waals surface area contributed by atoms with Crippen LogP contribution in [0.4, 0.5) is 0 Å². The van der Waals surface area contributed by atoms with Gasteiger partial charge in [0.2, 0.25) is 0 Å². The first-order valence-corrected chi connectivity index (χ1v) is 28.3. The van der Waals surface area contributed by atoms with E-state index in [2.05, 4.69) is 81.5 Å². The number of carbonyl (C=O) groups excluding carboxylic acids is 3. The molecule has 6 heteroatoms. The van der Waals surface area contributed by atoms with Gasteiger partial charge in [0, 0.05) is 19.3 Å². The molecule has 1 atom stereocenters. The van der Waals surface area contributed by atoms with E-state index in [9.17, 15) is 14.4 Å². The van der Waals surface area contributed by atoms with Gasteiger partial charge in [-0.3, -0.25) is 14.4 Å². The van der Waals surface area contributed by atoms with Gasteiger partial charge in [-0.2, -0.15) is 0 Å². The molecule has 0 fully saturated rings. The summed E-state index contributed by atoms with van der Waals surface area (Å²) in [5, 5.41) is 0. The Labute approximate surface area is 409 Å². The lowest BCUT2D eigenvalue weighted by molar-refractivity contribution is -0.167. The summed E-state index contributed by atoms with van der Waals surface area (Å²) < 4.78 is 16.8. The van der Waals surface area contributed by atoms with Crippen LogP contribution < -0.4 is 0 Å². The molecule has 0 amide bonds. The van der Waals surface area contributed by atoms with Crippen molar-refractivity contribution in [2.24, 2.45) is 0 Å². The summed E-state index contributed by atoms with van der Waals surface area (Å²) in [4.78, 5) is 38.1. The fraction of sp³-hybridized carbons (Fsp3) is 0.783. The minimum Gasteiger partial charge on any atom is -0.462 e. The third-order valence-corrected chi connectivity index (χ3v) is 12.3. The van der Waals surface area contributed by atoms with Crippen molar-refractivity contribution in [1.29, 1.82) is 0 Å². The molecule has 0 aromatic heterocycles. The zero-order valence-electron chi connectivity index (χ0n) is 43.7. The first-order chi connectivity index (χ1) is 32.5. The third kappa shape index (κ3) is 52.1. The monoisotopic (exact) mass is 923 g/mol. The lowest BCUT2D eigenvalue weighted by Gasteiger charge is -2.18. The molecule has 0 saturated carbocycles. The summed E-state index contributed by atoms with van der Waals surface area (Å²) >= 11 is 0. The first-order valence-electron chi connectivity index (χ1n) is 28.3. The second-order valence-corrected chi connectivity index (χ2v) is 18.8. The van der Waals surface area contributed by atoms with Crippen LogP contribution in [-0.4, -0.2) is 37.2 Å². The molecule has 0 saturated heterocycles. The molecule has 0 aliphatic carbocycles. The Morgan fingerprint density at radius 3 is 0.970 bits per heavy atom. The van der Waals surface area contributed by atoms with Gasteiger partial charge in [0.15, 0.2) is 6.10 Å². The highest BCUT2D eigenvalue weighted by atomic mass is 16.6. The maximum Gasteiger partial charge on any atom is 0.306 e. The van der Waals surface area contributed by atoms with Gasteiger partial charge >= 0.3 is 17.9 Å². The van der Waals surface area contributed by atoms with E-state index in [1.165, 1.54) is 154 Å². The molecule has 0 bridgehead atoms. The second kappa shape index (κ2) is 54.7. The molecule has 0 aromatic rings. The molecule has 6 nitrogen and oxygen atoms in total. The topological polar surface area (TPSA) is 78.9 Å². The summed E-state index contributed by atoms with van der Waals surface area (Å²) in [7, 11) is 0. The van der Waals surface area contributed by atoms with Gasteiger partial charge in [-0.1, -0.05) is 242 Å². The average Bonchev–Trinajstić information content (AvgIpc) is 3.31. The molecule has 0 heterocycles. The quantitative estimate of drug-likeness (QED) is 0.0262. The van der Waals surface area contributed by atoms with Crippen molar-refractivity contribution in [2.75, 3.05) is 13.2 Å². The predicted octanol–water partition coefficient (Wildman–Crippen LogP) is 18.8. The Morgan fingerprint density at radius 1 is 0.318 bits per heavy atom. The van der Waals surface area contributed by atoms with Gasteiger partial charge in [-0.25, -0.2) is 0 Å². The number of hydrogen-bond acceptors (Lipinski definition) is 6. The number of rotatable bonds is 51. The Morgan fingerprint density at radius 2 is 0.591 bits per heavy atom. The van der Waals surface area contributed by atoms with E-state index in [1.54, 1.807) is 0 Å². The molecule has 0 rings (SSSR count). The van der Waals surface area contributed by atoms with Gasteiger partial charge in [-0.15, -0.1) is 0 Å². The Kier molecular flexibility index (Phi) is 52.3. The number of esters is 3. The first kappa shape index (κ1) is 63.1. The van der Waals surface area contributed by atoms with Crippen molar-refractivity contribution in [3.8, 4) is 0 Å². The third-order valence-electron chi connectivity index (χ3n) is 12.3. The van der Waals surface area contributed by atoms with E-state index in [0.717, 1.165) is 89.9 Å². The molecule has 382 valence electrons. The molecule has 0 aromatic carbocycles. The van der Waals surface area contributed by atoms with Crippen molar-refractivity contribution in [1.82, 2.24) is 0 Å². The minimum absolute atomic E-state index is 0.0859. The fourth-order valence-corrected chi connectivity index (χ4v) is 8.02. The van der Waals surface area contributed by atoms with E-state index < -0.39 is 6.10 Å². The molecule has 66 heavy (non-hydrogen) atoms. The summed E-state index contributed by atoms with van der Waals surface area (Å²) in [6.45, 7) is 6.51. The van der Waals surface area contributed by atoms with Crippen molar-refractivity contribution in [3.05, 3.63) is 60.8 Å².